The molecule has 1 atom stereocenters. The first-order valence-corrected chi connectivity index (χ1v) is 8.78. The molecule has 1 aromatic carbocycles. The lowest BCUT2D eigenvalue weighted by atomic mass is 10.0. The van der Waals surface area contributed by atoms with E-state index >= 15 is 0 Å². The largest absolute Gasteiger partial charge is 0.306 e. The summed E-state index contributed by atoms with van der Waals surface area (Å²) in [7, 11) is 0. The van der Waals surface area contributed by atoms with Gasteiger partial charge in [0.25, 0.3) is 0 Å². The van der Waals surface area contributed by atoms with Crippen LogP contribution in [0.5, 0.6) is 0 Å². The van der Waals surface area contributed by atoms with Gasteiger partial charge in [-0.2, -0.15) is 0 Å². The van der Waals surface area contributed by atoms with E-state index in [-0.39, 0.29) is 6.04 Å². The van der Waals surface area contributed by atoms with Crippen LogP contribution in [0.2, 0.25) is 0 Å². The number of nitrogens with one attached hydrogen (secondary N) is 1. The number of hydrogen-bond donors (Lipinski definition) is 1. The molecule has 0 aliphatic rings. The van der Waals surface area contributed by atoms with E-state index in [4.69, 9.17) is 0 Å². The minimum Gasteiger partial charge on any atom is -0.306 e. The molecule has 0 aliphatic carbocycles. The summed E-state index contributed by atoms with van der Waals surface area (Å²) in [6, 6.07) is 12.9. The van der Waals surface area contributed by atoms with Gasteiger partial charge in [0, 0.05) is 20.9 Å². The van der Waals surface area contributed by atoms with Crippen LogP contribution in [0.25, 0.3) is 10.9 Å². The van der Waals surface area contributed by atoms with Crippen molar-refractivity contribution in [1.29, 1.82) is 0 Å². The van der Waals surface area contributed by atoms with Crippen LogP contribution in [0, 0.1) is 0 Å². The van der Waals surface area contributed by atoms with Gasteiger partial charge in [-0.1, -0.05) is 25.1 Å². The molecule has 2 nitrogen and oxygen atoms in total. The van der Waals surface area contributed by atoms with Gasteiger partial charge in [0.05, 0.1) is 11.6 Å². The minimum atomic E-state index is 0.214. The van der Waals surface area contributed by atoms with Gasteiger partial charge in [0.2, 0.25) is 0 Å². The fourth-order valence-electron chi connectivity index (χ4n) is 2.43. The number of rotatable bonds is 5. The van der Waals surface area contributed by atoms with Crippen molar-refractivity contribution in [3.63, 3.8) is 0 Å². The van der Waals surface area contributed by atoms with Gasteiger partial charge in [0.1, 0.15) is 0 Å². The van der Waals surface area contributed by atoms with Crippen LogP contribution in [0.1, 0.15) is 29.8 Å². The average Bonchev–Trinajstić information content (AvgIpc) is 2.94. The smallest absolute Gasteiger partial charge is 0.0705 e. The molecule has 0 amide bonds. The van der Waals surface area contributed by atoms with E-state index in [2.05, 4.69) is 68.9 Å². The standard InChI is InChI=1S/C17H17BrN2S/c1-2-8-20-16(17-14(18)7-10-21-17)13-6-5-12-4-3-9-19-15(12)11-13/h3-7,9-11,16,20H,2,8H2,1H3. The molecule has 0 saturated heterocycles. The SMILES string of the molecule is CCCNC(c1ccc2cccnc2c1)c1sccc1Br. The summed E-state index contributed by atoms with van der Waals surface area (Å²) in [4.78, 5) is 5.79. The molecule has 0 saturated carbocycles. The lowest BCUT2D eigenvalue weighted by molar-refractivity contribution is 0.605. The summed E-state index contributed by atoms with van der Waals surface area (Å²) < 4.78 is 1.17. The molecule has 0 bridgehead atoms. The molecule has 0 aliphatic heterocycles. The highest BCUT2D eigenvalue weighted by atomic mass is 79.9. The summed E-state index contributed by atoms with van der Waals surface area (Å²) in [5.74, 6) is 0. The highest BCUT2D eigenvalue weighted by Crippen LogP contribution is 2.34. The zero-order valence-electron chi connectivity index (χ0n) is 11.8. The summed E-state index contributed by atoms with van der Waals surface area (Å²) in [6.07, 6.45) is 2.97. The molecular formula is C17H17BrN2S. The third kappa shape index (κ3) is 3.18. The first-order chi connectivity index (χ1) is 10.3. The van der Waals surface area contributed by atoms with Crippen molar-refractivity contribution in [3.05, 3.63) is 62.9 Å². The van der Waals surface area contributed by atoms with E-state index in [1.54, 1.807) is 11.3 Å². The van der Waals surface area contributed by atoms with E-state index in [0.717, 1.165) is 18.5 Å². The van der Waals surface area contributed by atoms with Crippen LogP contribution in [0.15, 0.2) is 52.4 Å². The third-order valence-corrected chi connectivity index (χ3v) is 5.40. The molecule has 3 aromatic rings. The zero-order valence-corrected chi connectivity index (χ0v) is 14.2. The molecular weight excluding hydrogens is 344 g/mol. The molecule has 1 unspecified atom stereocenters. The summed E-state index contributed by atoms with van der Waals surface area (Å²) >= 11 is 5.44. The third-order valence-electron chi connectivity index (χ3n) is 3.47. The van der Waals surface area contributed by atoms with Crippen molar-refractivity contribution in [2.45, 2.75) is 19.4 Å². The van der Waals surface area contributed by atoms with Gasteiger partial charge in [-0.05, 0) is 58.0 Å². The number of fused-ring (bicyclic) bond motifs is 1. The van der Waals surface area contributed by atoms with Crippen molar-refractivity contribution in [1.82, 2.24) is 10.3 Å². The van der Waals surface area contributed by atoms with Gasteiger partial charge in [-0.25, -0.2) is 0 Å². The summed E-state index contributed by atoms with van der Waals surface area (Å²) in [5, 5.41) is 6.95. The molecule has 0 fully saturated rings. The molecule has 21 heavy (non-hydrogen) atoms. The molecule has 0 spiro atoms. The molecule has 2 aromatic heterocycles. The Labute approximate surface area is 137 Å². The van der Waals surface area contributed by atoms with E-state index in [9.17, 15) is 0 Å². The molecule has 108 valence electrons. The molecule has 3 rings (SSSR count). The van der Waals surface area contributed by atoms with Gasteiger partial charge in [-0.3, -0.25) is 4.98 Å². The fraction of sp³-hybridized carbons (Fsp3) is 0.235. The highest BCUT2D eigenvalue weighted by Gasteiger charge is 2.17. The minimum absolute atomic E-state index is 0.214. The molecule has 1 N–H and O–H groups in total. The Morgan fingerprint density at radius 2 is 2.19 bits per heavy atom. The lowest BCUT2D eigenvalue weighted by Gasteiger charge is -2.19. The van der Waals surface area contributed by atoms with Crippen molar-refractivity contribution in [2.75, 3.05) is 6.54 Å². The van der Waals surface area contributed by atoms with Crippen LogP contribution >= 0.6 is 27.3 Å². The van der Waals surface area contributed by atoms with Crippen LogP contribution < -0.4 is 5.32 Å². The second-order valence-corrected chi connectivity index (χ2v) is 6.78. The van der Waals surface area contributed by atoms with Crippen LogP contribution in [0.3, 0.4) is 0 Å². The van der Waals surface area contributed by atoms with E-state index in [1.165, 1.54) is 20.3 Å². The first kappa shape index (κ1) is 14.7. The predicted octanol–water partition coefficient (Wildman–Crippen LogP) is 5.15. The van der Waals surface area contributed by atoms with Crippen molar-refractivity contribution >= 4 is 38.2 Å². The van der Waals surface area contributed by atoms with Crippen molar-refractivity contribution in [2.24, 2.45) is 0 Å². The number of thiophene rings is 1. The molecule has 4 heteroatoms. The average molecular weight is 361 g/mol. The van der Waals surface area contributed by atoms with Crippen LogP contribution in [-0.4, -0.2) is 11.5 Å². The maximum absolute atomic E-state index is 4.47. The second kappa shape index (κ2) is 6.69. The Morgan fingerprint density at radius 1 is 1.29 bits per heavy atom. The maximum Gasteiger partial charge on any atom is 0.0705 e. The normalized spacial score (nSPS) is 12.7. The van der Waals surface area contributed by atoms with Crippen LogP contribution in [-0.2, 0) is 0 Å². The quantitative estimate of drug-likeness (QED) is 0.680. The predicted molar refractivity (Wildman–Crippen MR) is 93.9 cm³/mol. The maximum atomic E-state index is 4.47. The second-order valence-electron chi connectivity index (χ2n) is 4.98. The monoisotopic (exact) mass is 360 g/mol. The zero-order chi connectivity index (χ0) is 14.7. The van der Waals surface area contributed by atoms with E-state index < -0.39 is 0 Å². The number of benzene rings is 1. The topological polar surface area (TPSA) is 24.9 Å². The Balaban J connectivity index is 2.03. The fourth-order valence-corrected chi connectivity index (χ4v) is 4.13. The van der Waals surface area contributed by atoms with Crippen molar-refractivity contribution in [3.8, 4) is 0 Å². The Hall–Kier alpha value is -1.23. The van der Waals surface area contributed by atoms with E-state index in [0.29, 0.717) is 0 Å². The Kier molecular flexibility index (Phi) is 4.68. The molecule has 2 heterocycles. The Bertz CT molecular complexity index is 738. The lowest BCUT2D eigenvalue weighted by Crippen LogP contribution is -2.22. The first-order valence-electron chi connectivity index (χ1n) is 7.10. The highest BCUT2D eigenvalue weighted by molar-refractivity contribution is 9.10. The van der Waals surface area contributed by atoms with Gasteiger partial charge < -0.3 is 5.32 Å². The number of nitrogens with zero attached hydrogens (tertiary/aromatic N) is 1. The number of aromatic nitrogens is 1. The van der Waals surface area contributed by atoms with Crippen LogP contribution in [0.4, 0.5) is 0 Å². The summed E-state index contributed by atoms with van der Waals surface area (Å²) in [5.41, 5.74) is 2.31. The Morgan fingerprint density at radius 3 is 2.95 bits per heavy atom. The number of hydrogen-bond acceptors (Lipinski definition) is 3. The summed E-state index contributed by atoms with van der Waals surface area (Å²) in [6.45, 7) is 3.19. The number of pyridine rings is 1. The van der Waals surface area contributed by atoms with E-state index in [1.807, 2.05) is 12.3 Å². The van der Waals surface area contributed by atoms with Gasteiger partial charge in [-0.15, -0.1) is 11.3 Å². The van der Waals surface area contributed by atoms with Gasteiger partial charge >= 0.3 is 0 Å². The number of halogens is 1. The van der Waals surface area contributed by atoms with Gasteiger partial charge in [0.15, 0.2) is 0 Å². The molecule has 0 radical (unpaired) electrons. The van der Waals surface area contributed by atoms with Crippen molar-refractivity contribution < 1.29 is 0 Å².